The van der Waals surface area contributed by atoms with Gasteiger partial charge >= 0.3 is 12.4 Å². The molecule has 1 fully saturated rings. The zero-order chi connectivity index (χ0) is 30.8. The lowest BCUT2D eigenvalue weighted by Crippen LogP contribution is -2.32. The van der Waals surface area contributed by atoms with Crippen molar-refractivity contribution in [1.82, 2.24) is 5.16 Å². The first-order chi connectivity index (χ1) is 20.4. The largest absolute Gasteiger partial charge is 0.416 e. The van der Waals surface area contributed by atoms with Crippen LogP contribution in [-0.2, 0) is 38.3 Å². The fraction of sp³-hybridized carbons (Fsp3) is 0.545. The van der Waals surface area contributed by atoms with E-state index in [0.717, 1.165) is 62.2 Å². The Morgan fingerprint density at radius 2 is 1.40 bits per heavy atom. The third-order valence-electron chi connectivity index (χ3n) is 8.78. The number of alkyl halides is 6. The van der Waals surface area contributed by atoms with Gasteiger partial charge < -0.3 is 14.3 Å². The van der Waals surface area contributed by atoms with Gasteiger partial charge in [0.15, 0.2) is 0 Å². The number of nitrogens with zero attached hydrogens (tertiary/aromatic N) is 3. The third kappa shape index (κ3) is 7.68. The van der Waals surface area contributed by atoms with E-state index in [1.165, 1.54) is 43.2 Å². The molecule has 2 aliphatic carbocycles. The summed E-state index contributed by atoms with van der Waals surface area (Å²) in [6.07, 6.45) is 0.427. The van der Waals surface area contributed by atoms with Crippen molar-refractivity contribution in [2.45, 2.75) is 97.1 Å². The van der Waals surface area contributed by atoms with E-state index in [4.69, 9.17) is 4.52 Å². The fourth-order valence-corrected chi connectivity index (χ4v) is 6.57. The summed E-state index contributed by atoms with van der Waals surface area (Å²) < 4.78 is 87.5. The molecule has 0 atom stereocenters. The molecule has 0 aliphatic heterocycles. The van der Waals surface area contributed by atoms with E-state index in [9.17, 15) is 26.3 Å². The van der Waals surface area contributed by atoms with E-state index in [-0.39, 0.29) is 24.7 Å². The summed E-state index contributed by atoms with van der Waals surface area (Å²) >= 11 is 0. The summed E-state index contributed by atoms with van der Waals surface area (Å²) in [5.74, 6) is 0.888. The average Bonchev–Trinajstić information content (AvgIpc) is 3.41. The zero-order valence-corrected chi connectivity index (χ0v) is 24.8. The highest BCUT2D eigenvalue weighted by atomic mass is 19.4. The SMILES string of the molecule is CCN(CC1CCCCC1)c1cc2c(cc1CN(Cc1cc(C(F)(F)F)cc(C(F)(F)F)c1)c1cc(C)no1)CCCC2. The topological polar surface area (TPSA) is 32.5 Å². The molecule has 0 bridgehead atoms. The molecular weight excluding hydrogens is 568 g/mol. The van der Waals surface area contributed by atoms with Crippen LogP contribution < -0.4 is 9.80 Å². The van der Waals surface area contributed by atoms with E-state index < -0.39 is 23.5 Å². The van der Waals surface area contributed by atoms with Gasteiger partial charge in [-0.2, -0.15) is 26.3 Å². The second-order valence-corrected chi connectivity index (χ2v) is 12.1. The zero-order valence-electron chi connectivity index (χ0n) is 24.8. The minimum absolute atomic E-state index is 0.106. The predicted octanol–water partition coefficient (Wildman–Crippen LogP) is 9.51. The maximum absolute atomic E-state index is 13.7. The van der Waals surface area contributed by atoms with Crippen LogP contribution in [0.3, 0.4) is 0 Å². The Labute approximate surface area is 249 Å². The van der Waals surface area contributed by atoms with Crippen molar-refractivity contribution in [2.24, 2.45) is 5.92 Å². The molecule has 0 spiro atoms. The van der Waals surface area contributed by atoms with Gasteiger partial charge in [-0.15, -0.1) is 0 Å². The molecule has 10 heteroatoms. The molecule has 4 nitrogen and oxygen atoms in total. The van der Waals surface area contributed by atoms with Crippen LogP contribution in [0.25, 0.3) is 0 Å². The molecule has 2 aliphatic rings. The predicted molar refractivity (Wildman–Crippen MR) is 155 cm³/mol. The number of hydrogen-bond donors (Lipinski definition) is 0. The van der Waals surface area contributed by atoms with Crippen LogP contribution in [0.2, 0.25) is 0 Å². The van der Waals surface area contributed by atoms with E-state index >= 15 is 0 Å². The third-order valence-corrected chi connectivity index (χ3v) is 8.78. The van der Waals surface area contributed by atoms with Gasteiger partial charge in [0.25, 0.3) is 0 Å². The lowest BCUT2D eigenvalue weighted by molar-refractivity contribution is -0.143. The van der Waals surface area contributed by atoms with Gasteiger partial charge in [-0.05, 0) is 105 Å². The van der Waals surface area contributed by atoms with Gasteiger partial charge in [0.05, 0.1) is 16.8 Å². The summed E-state index contributed by atoms with van der Waals surface area (Å²) in [4.78, 5) is 4.09. The highest BCUT2D eigenvalue weighted by Crippen LogP contribution is 2.38. The molecule has 0 amide bonds. The van der Waals surface area contributed by atoms with Crippen molar-refractivity contribution < 1.29 is 30.9 Å². The Morgan fingerprint density at radius 3 is 1.95 bits per heavy atom. The monoisotopic (exact) mass is 607 g/mol. The maximum Gasteiger partial charge on any atom is 0.416 e. The first-order valence-corrected chi connectivity index (χ1v) is 15.3. The molecule has 2 aromatic carbocycles. The highest BCUT2D eigenvalue weighted by Gasteiger charge is 2.37. The van der Waals surface area contributed by atoms with Crippen LogP contribution in [-0.4, -0.2) is 18.2 Å². The molecular formula is C33H39F6N3O. The van der Waals surface area contributed by atoms with Gasteiger partial charge in [0.2, 0.25) is 5.88 Å². The quantitative estimate of drug-likeness (QED) is 0.227. The minimum Gasteiger partial charge on any atom is -0.371 e. The summed E-state index contributed by atoms with van der Waals surface area (Å²) in [7, 11) is 0. The molecule has 0 N–H and O–H groups in total. The molecule has 1 saturated carbocycles. The van der Waals surface area contributed by atoms with Gasteiger partial charge in [-0.25, -0.2) is 0 Å². The number of hydrogen-bond acceptors (Lipinski definition) is 4. The highest BCUT2D eigenvalue weighted by molar-refractivity contribution is 5.60. The van der Waals surface area contributed by atoms with Gasteiger partial charge in [-0.1, -0.05) is 30.5 Å². The van der Waals surface area contributed by atoms with Gasteiger partial charge in [0.1, 0.15) is 0 Å². The van der Waals surface area contributed by atoms with Crippen LogP contribution in [0.4, 0.5) is 37.9 Å². The number of aromatic nitrogens is 1. The van der Waals surface area contributed by atoms with Crippen molar-refractivity contribution in [2.75, 3.05) is 22.9 Å². The van der Waals surface area contributed by atoms with E-state index in [1.807, 2.05) is 0 Å². The molecule has 3 aromatic rings. The second kappa shape index (κ2) is 12.8. The first kappa shape index (κ1) is 31.3. The van der Waals surface area contributed by atoms with Crippen LogP contribution in [0, 0.1) is 12.8 Å². The second-order valence-electron chi connectivity index (χ2n) is 12.1. The molecule has 1 heterocycles. The molecule has 43 heavy (non-hydrogen) atoms. The summed E-state index contributed by atoms with van der Waals surface area (Å²) in [5.41, 5.74) is 2.44. The normalized spacial score (nSPS) is 16.3. The summed E-state index contributed by atoms with van der Waals surface area (Å²) in [6.45, 7) is 5.61. The van der Waals surface area contributed by atoms with Crippen molar-refractivity contribution in [1.29, 1.82) is 0 Å². The lowest BCUT2D eigenvalue weighted by Gasteiger charge is -2.34. The van der Waals surface area contributed by atoms with E-state index in [1.54, 1.807) is 17.9 Å². The first-order valence-electron chi connectivity index (χ1n) is 15.3. The van der Waals surface area contributed by atoms with Crippen molar-refractivity contribution in [3.63, 3.8) is 0 Å². The molecule has 1 aromatic heterocycles. The maximum atomic E-state index is 13.7. The fourth-order valence-electron chi connectivity index (χ4n) is 6.57. The molecule has 234 valence electrons. The molecule has 0 unspecified atom stereocenters. The van der Waals surface area contributed by atoms with Crippen molar-refractivity contribution in [3.8, 4) is 0 Å². The minimum atomic E-state index is -4.92. The Kier molecular flexibility index (Phi) is 9.32. The number of halogens is 6. The van der Waals surface area contributed by atoms with E-state index in [0.29, 0.717) is 17.5 Å². The van der Waals surface area contributed by atoms with E-state index in [2.05, 4.69) is 29.1 Å². The summed E-state index contributed by atoms with van der Waals surface area (Å²) in [5, 5.41) is 3.97. The Balaban J connectivity index is 1.54. The standard InChI is InChI=1S/C33H39F6N3O/c1-3-41(19-23-9-5-4-6-10-23)30-17-26-12-8-7-11-25(26)16-27(30)21-42(31-13-22(2)40-43-31)20-24-14-28(32(34,35)36)18-29(15-24)33(37,38)39/h13-18,23H,3-12,19-21H2,1-2H3. The van der Waals surface area contributed by atoms with Crippen LogP contribution in [0.1, 0.15) is 90.9 Å². The smallest absolute Gasteiger partial charge is 0.371 e. The lowest BCUT2D eigenvalue weighted by atomic mass is 9.87. The number of fused-ring (bicyclic) bond motifs is 1. The molecule has 5 rings (SSSR count). The average molecular weight is 608 g/mol. The Bertz CT molecular complexity index is 1360. The Hall–Kier alpha value is -3.17. The number of benzene rings is 2. The molecule has 0 saturated heterocycles. The van der Waals surface area contributed by atoms with Crippen LogP contribution >= 0.6 is 0 Å². The van der Waals surface area contributed by atoms with Gasteiger partial charge in [0, 0.05) is 37.9 Å². The van der Waals surface area contributed by atoms with Crippen LogP contribution in [0.15, 0.2) is 40.9 Å². The number of aryl methyl sites for hydroxylation is 3. The number of rotatable bonds is 9. The Morgan fingerprint density at radius 1 is 0.767 bits per heavy atom. The van der Waals surface area contributed by atoms with Crippen molar-refractivity contribution >= 4 is 11.6 Å². The van der Waals surface area contributed by atoms with Crippen LogP contribution in [0.5, 0.6) is 0 Å². The van der Waals surface area contributed by atoms with Gasteiger partial charge in [-0.3, -0.25) is 0 Å². The summed E-state index contributed by atoms with van der Waals surface area (Å²) in [6, 6.07) is 7.87. The number of anilines is 2. The van der Waals surface area contributed by atoms with Crippen molar-refractivity contribution in [3.05, 3.63) is 75.5 Å². The molecule has 0 radical (unpaired) electrons.